The van der Waals surface area contributed by atoms with Gasteiger partial charge in [0.1, 0.15) is 0 Å². The first kappa shape index (κ1) is 12.1. The fourth-order valence-electron chi connectivity index (χ4n) is 2.28. The molecule has 1 saturated heterocycles. The molecule has 1 aromatic carbocycles. The van der Waals surface area contributed by atoms with Gasteiger partial charge in [0.25, 0.3) is 0 Å². The molecule has 3 nitrogen and oxygen atoms in total. The molecule has 1 N–H and O–H groups in total. The molecule has 17 heavy (non-hydrogen) atoms. The lowest BCUT2D eigenvalue weighted by Crippen LogP contribution is -2.30. The summed E-state index contributed by atoms with van der Waals surface area (Å²) in [6, 6.07) is 8.65. The Hall–Kier alpha value is -1.35. The van der Waals surface area contributed by atoms with E-state index >= 15 is 0 Å². The number of likely N-dealkylation sites (N-methyl/N-ethyl adjacent to an activating group) is 1. The molecule has 1 atom stereocenters. The van der Waals surface area contributed by atoms with Crippen LogP contribution in [0.15, 0.2) is 24.3 Å². The SMILES string of the molecule is CCCc1ccc(N2CC(NC)CC2=O)cc1. The maximum absolute atomic E-state index is 11.8. The maximum atomic E-state index is 11.8. The van der Waals surface area contributed by atoms with Crippen LogP contribution < -0.4 is 10.2 Å². The lowest BCUT2D eigenvalue weighted by atomic mass is 10.1. The Morgan fingerprint density at radius 1 is 1.35 bits per heavy atom. The van der Waals surface area contributed by atoms with Crippen molar-refractivity contribution < 1.29 is 4.79 Å². The number of rotatable bonds is 4. The van der Waals surface area contributed by atoms with Crippen LogP contribution in [0.5, 0.6) is 0 Å². The number of nitrogens with zero attached hydrogens (tertiary/aromatic N) is 1. The molecular weight excluding hydrogens is 212 g/mol. The highest BCUT2D eigenvalue weighted by atomic mass is 16.2. The first-order chi connectivity index (χ1) is 8.24. The Balaban J connectivity index is 2.09. The summed E-state index contributed by atoms with van der Waals surface area (Å²) in [7, 11) is 1.91. The van der Waals surface area contributed by atoms with E-state index in [2.05, 4.69) is 36.5 Å². The minimum atomic E-state index is 0.215. The lowest BCUT2D eigenvalue weighted by molar-refractivity contribution is -0.117. The van der Waals surface area contributed by atoms with Crippen molar-refractivity contribution in [2.45, 2.75) is 32.2 Å². The highest BCUT2D eigenvalue weighted by Crippen LogP contribution is 2.22. The van der Waals surface area contributed by atoms with E-state index in [1.807, 2.05) is 11.9 Å². The van der Waals surface area contributed by atoms with Gasteiger partial charge < -0.3 is 10.2 Å². The van der Waals surface area contributed by atoms with Gasteiger partial charge in [-0.1, -0.05) is 25.5 Å². The second-order valence-electron chi connectivity index (χ2n) is 4.61. The van der Waals surface area contributed by atoms with Gasteiger partial charge in [-0.2, -0.15) is 0 Å². The van der Waals surface area contributed by atoms with Crippen molar-refractivity contribution in [3.8, 4) is 0 Å². The Bertz CT molecular complexity index is 386. The van der Waals surface area contributed by atoms with Crippen molar-refractivity contribution in [1.29, 1.82) is 0 Å². The Morgan fingerprint density at radius 2 is 2.06 bits per heavy atom. The van der Waals surface area contributed by atoms with Gasteiger partial charge in [0.15, 0.2) is 0 Å². The molecule has 1 aliphatic rings. The van der Waals surface area contributed by atoms with Crippen molar-refractivity contribution in [3.63, 3.8) is 0 Å². The van der Waals surface area contributed by atoms with E-state index < -0.39 is 0 Å². The number of benzene rings is 1. The van der Waals surface area contributed by atoms with E-state index in [0.29, 0.717) is 6.42 Å². The standard InChI is InChI=1S/C14H20N2O/c1-3-4-11-5-7-13(8-6-11)16-10-12(15-2)9-14(16)17/h5-8,12,15H,3-4,9-10H2,1-2H3. The van der Waals surface area contributed by atoms with Crippen molar-refractivity contribution >= 4 is 11.6 Å². The van der Waals surface area contributed by atoms with Crippen LogP contribution in [0.25, 0.3) is 0 Å². The van der Waals surface area contributed by atoms with Crippen LogP contribution in [-0.4, -0.2) is 25.5 Å². The summed E-state index contributed by atoms with van der Waals surface area (Å²) < 4.78 is 0. The summed E-state index contributed by atoms with van der Waals surface area (Å²) in [6.07, 6.45) is 2.87. The second kappa shape index (κ2) is 5.32. The van der Waals surface area contributed by atoms with Gasteiger partial charge in [0.2, 0.25) is 5.91 Å². The predicted octanol–water partition coefficient (Wildman–Crippen LogP) is 1.96. The molecule has 0 aromatic heterocycles. The second-order valence-corrected chi connectivity index (χ2v) is 4.61. The smallest absolute Gasteiger partial charge is 0.228 e. The average Bonchev–Trinajstić information content (AvgIpc) is 2.72. The number of hydrogen-bond acceptors (Lipinski definition) is 2. The topological polar surface area (TPSA) is 32.3 Å². The molecule has 1 fully saturated rings. The number of aryl methyl sites for hydroxylation is 1. The van der Waals surface area contributed by atoms with E-state index in [0.717, 1.165) is 25.1 Å². The normalized spacial score (nSPS) is 20.0. The van der Waals surface area contributed by atoms with E-state index in [-0.39, 0.29) is 11.9 Å². The van der Waals surface area contributed by atoms with Gasteiger partial charge in [-0.3, -0.25) is 4.79 Å². The molecule has 0 saturated carbocycles. The van der Waals surface area contributed by atoms with Gasteiger partial charge in [-0.25, -0.2) is 0 Å². The highest BCUT2D eigenvalue weighted by Gasteiger charge is 2.29. The van der Waals surface area contributed by atoms with Crippen LogP contribution in [-0.2, 0) is 11.2 Å². The van der Waals surface area contributed by atoms with E-state index in [1.54, 1.807) is 0 Å². The number of hydrogen-bond donors (Lipinski definition) is 1. The number of carbonyl (C=O) groups excluding carboxylic acids is 1. The monoisotopic (exact) mass is 232 g/mol. The quantitative estimate of drug-likeness (QED) is 0.860. The van der Waals surface area contributed by atoms with Crippen molar-refractivity contribution in [2.75, 3.05) is 18.5 Å². The first-order valence-corrected chi connectivity index (χ1v) is 6.31. The van der Waals surface area contributed by atoms with E-state index in [9.17, 15) is 4.79 Å². The number of anilines is 1. The summed E-state index contributed by atoms with van der Waals surface area (Å²) in [5.74, 6) is 0.215. The maximum Gasteiger partial charge on any atom is 0.228 e. The van der Waals surface area contributed by atoms with E-state index in [4.69, 9.17) is 0 Å². The lowest BCUT2D eigenvalue weighted by Gasteiger charge is -2.17. The van der Waals surface area contributed by atoms with Gasteiger partial charge in [-0.15, -0.1) is 0 Å². The Morgan fingerprint density at radius 3 is 2.59 bits per heavy atom. The summed E-state index contributed by atoms with van der Waals surface area (Å²) in [5, 5.41) is 3.16. The molecule has 3 heteroatoms. The van der Waals surface area contributed by atoms with E-state index in [1.165, 1.54) is 5.56 Å². The molecule has 0 spiro atoms. The molecule has 1 aromatic rings. The summed E-state index contributed by atoms with van der Waals surface area (Å²) in [6.45, 7) is 2.96. The predicted molar refractivity (Wildman–Crippen MR) is 70.3 cm³/mol. The largest absolute Gasteiger partial charge is 0.315 e. The average molecular weight is 232 g/mol. The van der Waals surface area contributed by atoms with Gasteiger partial charge >= 0.3 is 0 Å². The summed E-state index contributed by atoms with van der Waals surface area (Å²) in [5.41, 5.74) is 2.36. The molecular formula is C14H20N2O. The van der Waals surface area contributed by atoms with Gasteiger partial charge in [0, 0.05) is 24.7 Å². The zero-order chi connectivity index (χ0) is 12.3. The number of nitrogens with one attached hydrogen (secondary N) is 1. The van der Waals surface area contributed by atoms with Crippen LogP contribution in [0, 0.1) is 0 Å². The molecule has 1 unspecified atom stereocenters. The van der Waals surface area contributed by atoms with Gasteiger partial charge in [0.05, 0.1) is 0 Å². The molecule has 2 rings (SSSR count). The minimum absolute atomic E-state index is 0.215. The molecule has 1 heterocycles. The van der Waals surface area contributed by atoms with Gasteiger partial charge in [-0.05, 0) is 31.2 Å². The van der Waals surface area contributed by atoms with Crippen molar-refractivity contribution in [1.82, 2.24) is 5.32 Å². The van der Waals surface area contributed by atoms with Crippen LogP contribution in [0.2, 0.25) is 0 Å². The molecule has 1 aliphatic heterocycles. The van der Waals surface area contributed by atoms with Crippen molar-refractivity contribution in [3.05, 3.63) is 29.8 Å². The third-order valence-electron chi connectivity index (χ3n) is 3.32. The number of amides is 1. The summed E-state index contributed by atoms with van der Waals surface area (Å²) >= 11 is 0. The third kappa shape index (κ3) is 2.67. The minimum Gasteiger partial charge on any atom is -0.315 e. The fraction of sp³-hybridized carbons (Fsp3) is 0.500. The molecule has 0 bridgehead atoms. The van der Waals surface area contributed by atoms with Crippen molar-refractivity contribution in [2.24, 2.45) is 0 Å². The van der Waals surface area contributed by atoms with Crippen LogP contribution in [0.3, 0.4) is 0 Å². The third-order valence-corrected chi connectivity index (χ3v) is 3.32. The molecule has 1 amide bonds. The molecule has 92 valence electrons. The van der Waals surface area contributed by atoms with Crippen LogP contribution in [0.4, 0.5) is 5.69 Å². The van der Waals surface area contributed by atoms with Crippen LogP contribution in [0.1, 0.15) is 25.3 Å². The highest BCUT2D eigenvalue weighted by molar-refractivity contribution is 5.96. The zero-order valence-corrected chi connectivity index (χ0v) is 10.6. The first-order valence-electron chi connectivity index (χ1n) is 6.31. The zero-order valence-electron chi connectivity index (χ0n) is 10.6. The van der Waals surface area contributed by atoms with Crippen LogP contribution >= 0.6 is 0 Å². The fourth-order valence-corrected chi connectivity index (χ4v) is 2.28. The summed E-state index contributed by atoms with van der Waals surface area (Å²) in [4.78, 5) is 13.7. The Labute approximate surface area is 103 Å². The molecule has 0 aliphatic carbocycles. The Kier molecular flexibility index (Phi) is 3.79. The molecule has 0 radical (unpaired) electrons. The number of carbonyl (C=O) groups is 1.